The van der Waals surface area contributed by atoms with Crippen LogP contribution < -0.4 is 5.32 Å². The summed E-state index contributed by atoms with van der Waals surface area (Å²) in [6.45, 7) is 6.33. The summed E-state index contributed by atoms with van der Waals surface area (Å²) in [5, 5.41) is 3.46. The lowest BCUT2D eigenvalue weighted by molar-refractivity contribution is -0.122. The van der Waals surface area contributed by atoms with E-state index in [0.717, 1.165) is 0 Å². The Kier molecular flexibility index (Phi) is 4.74. The predicted octanol–water partition coefficient (Wildman–Crippen LogP) is 3.13. The third-order valence-electron chi connectivity index (χ3n) is 2.83. The van der Waals surface area contributed by atoms with E-state index < -0.39 is 0 Å². The van der Waals surface area contributed by atoms with Crippen molar-refractivity contribution in [3.63, 3.8) is 0 Å². The molecule has 0 saturated heterocycles. The van der Waals surface area contributed by atoms with E-state index in [1.165, 1.54) is 0 Å². The number of carbonyl (C=O) groups excluding carboxylic acids is 1. The van der Waals surface area contributed by atoms with Crippen LogP contribution in [0.2, 0.25) is 5.02 Å². The van der Waals surface area contributed by atoms with E-state index in [-0.39, 0.29) is 17.3 Å². The summed E-state index contributed by atoms with van der Waals surface area (Å²) < 4.78 is 1.86. The minimum atomic E-state index is -0.241. The molecule has 0 atom stereocenters. The van der Waals surface area contributed by atoms with E-state index >= 15 is 0 Å². The van der Waals surface area contributed by atoms with Gasteiger partial charge in [-0.3, -0.25) is 4.79 Å². The summed E-state index contributed by atoms with van der Waals surface area (Å²) in [6, 6.07) is 1.74. The quantitative estimate of drug-likeness (QED) is 0.877. The number of pyridine rings is 1. The van der Waals surface area contributed by atoms with Crippen molar-refractivity contribution in [2.24, 2.45) is 0 Å². The Hall–Kier alpha value is -1.33. The highest BCUT2D eigenvalue weighted by atomic mass is 35.5. The maximum absolute atomic E-state index is 11.9. The van der Waals surface area contributed by atoms with Crippen LogP contribution in [0.3, 0.4) is 0 Å². The Labute approximate surface area is 133 Å². The van der Waals surface area contributed by atoms with Crippen LogP contribution in [0.5, 0.6) is 0 Å². The maximum Gasteiger partial charge on any atom is 0.222 e. The molecule has 0 aromatic carbocycles. The van der Waals surface area contributed by atoms with Gasteiger partial charge in [-0.15, -0.1) is 11.6 Å². The van der Waals surface area contributed by atoms with Crippen molar-refractivity contribution in [1.82, 2.24) is 19.9 Å². The van der Waals surface area contributed by atoms with Crippen molar-refractivity contribution in [3.8, 4) is 0 Å². The van der Waals surface area contributed by atoms with Gasteiger partial charge in [0, 0.05) is 24.7 Å². The molecule has 2 rings (SSSR count). The van der Waals surface area contributed by atoms with Gasteiger partial charge in [0.25, 0.3) is 0 Å². The number of amides is 1. The highest BCUT2D eigenvalue weighted by molar-refractivity contribution is 6.31. The molecule has 0 unspecified atom stereocenters. The van der Waals surface area contributed by atoms with E-state index in [4.69, 9.17) is 23.2 Å². The summed E-state index contributed by atoms with van der Waals surface area (Å²) in [5.74, 6) is 0.929. The molecule has 2 heterocycles. The second-order valence-corrected chi connectivity index (χ2v) is 6.56. The molecular formula is C14H18Cl2N4O. The number of imidazole rings is 1. The second kappa shape index (κ2) is 6.20. The first-order valence-electron chi connectivity index (χ1n) is 6.68. The predicted molar refractivity (Wildman–Crippen MR) is 84.6 cm³/mol. The lowest BCUT2D eigenvalue weighted by atomic mass is 10.1. The Morgan fingerprint density at radius 1 is 1.43 bits per heavy atom. The number of hydrogen-bond donors (Lipinski definition) is 1. The minimum Gasteiger partial charge on any atom is -0.351 e. The number of carbonyl (C=O) groups is 1. The van der Waals surface area contributed by atoms with E-state index in [2.05, 4.69) is 15.3 Å². The van der Waals surface area contributed by atoms with Gasteiger partial charge in [0.05, 0.1) is 10.9 Å². The molecule has 0 aliphatic carbocycles. The van der Waals surface area contributed by atoms with Gasteiger partial charge in [0.1, 0.15) is 11.3 Å². The smallest absolute Gasteiger partial charge is 0.222 e. The van der Waals surface area contributed by atoms with Crippen molar-refractivity contribution in [2.75, 3.05) is 0 Å². The molecule has 21 heavy (non-hydrogen) atoms. The molecule has 1 N–H and O–H groups in total. The fourth-order valence-corrected chi connectivity index (χ4v) is 2.42. The number of nitrogens with zero attached hydrogens (tertiary/aromatic N) is 3. The van der Waals surface area contributed by atoms with Gasteiger partial charge in [-0.2, -0.15) is 0 Å². The van der Waals surface area contributed by atoms with Crippen LogP contribution in [-0.2, 0) is 17.2 Å². The molecule has 0 aliphatic rings. The van der Waals surface area contributed by atoms with Crippen molar-refractivity contribution < 1.29 is 4.79 Å². The third kappa shape index (κ3) is 4.08. The first-order chi connectivity index (χ1) is 9.80. The van der Waals surface area contributed by atoms with Crippen LogP contribution >= 0.6 is 23.2 Å². The molecule has 2 aromatic heterocycles. The molecule has 5 nitrogen and oxygen atoms in total. The largest absolute Gasteiger partial charge is 0.351 e. The van der Waals surface area contributed by atoms with Gasteiger partial charge in [-0.1, -0.05) is 11.6 Å². The van der Waals surface area contributed by atoms with Gasteiger partial charge in [-0.05, 0) is 26.8 Å². The second-order valence-electron chi connectivity index (χ2n) is 5.86. The molecule has 0 aliphatic heterocycles. The zero-order chi connectivity index (χ0) is 15.6. The van der Waals surface area contributed by atoms with Crippen LogP contribution in [0.25, 0.3) is 11.2 Å². The minimum absolute atomic E-state index is 0.0150. The van der Waals surface area contributed by atoms with Crippen LogP contribution in [0.4, 0.5) is 0 Å². The molecule has 114 valence electrons. The van der Waals surface area contributed by atoms with Crippen molar-refractivity contribution in [3.05, 3.63) is 23.1 Å². The molecule has 0 fully saturated rings. The van der Waals surface area contributed by atoms with Gasteiger partial charge in [0.2, 0.25) is 5.91 Å². The van der Waals surface area contributed by atoms with Gasteiger partial charge >= 0.3 is 0 Å². The average molecular weight is 329 g/mol. The van der Waals surface area contributed by atoms with E-state index in [0.29, 0.717) is 35.0 Å². The number of halogens is 2. The summed E-state index contributed by atoms with van der Waals surface area (Å²) in [4.78, 5) is 20.6. The van der Waals surface area contributed by atoms with Crippen molar-refractivity contribution >= 4 is 40.3 Å². The third-order valence-corrected chi connectivity index (χ3v) is 3.27. The Bertz CT molecular complexity index is 661. The topological polar surface area (TPSA) is 59.8 Å². The number of alkyl halides is 1. The fraction of sp³-hybridized carbons (Fsp3) is 0.500. The van der Waals surface area contributed by atoms with Crippen LogP contribution in [0, 0.1) is 0 Å². The number of aryl methyl sites for hydroxylation is 1. The summed E-state index contributed by atoms with van der Waals surface area (Å²) >= 11 is 11.8. The molecule has 0 saturated carbocycles. The molecule has 7 heteroatoms. The van der Waals surface area contributed by atoms with Crippen molar-refractivity contribution in [1.29, 1.82) is 0 Å². The Morgan fingerprint density at radius 3 is 2.76 bits per heavy atom. The van der Waals surface area contributed by atoms with E-state index in [9.17, 15) is 4.79 Å². The van der Waals surface area contributed by atoms with Gasteiger partial charge in [0.15, 0.2) is 5.65 Å². The first-order valence-corrected chi connectivity index (χ1v) is 7.59. The number of fused-ring (bicyclic) bond motifs is 1. The summed E-state index contributed by atoms with van der Waals surface area (Å²) in [7, 11) is 0. The standard InChI is InChI=1S/C14H18Cl2N4O/c1-14(2,3)19-12(21)4-5-20-11(7-15)18-10-6-9(16)8-17-13(10)20/h6,8H,4-5,7H2,1-3H3,(H,19,21). The molecule has 0 radical (unpaired) electrons. The Morgan fingerprint density at radius 2 is 2.14 bits per heavy atom. The van der Waals surface area contributed by atoms with Gasteiger partial charge in [-0.25, -0.2) is 9.97 Å². The zero-order valence-electron chi connectivity index (χ0n) is 12.3. The number of aromatic nitrogens is 3. The normalized spacial score (nSPS) is 11.9. The van der Waals surface area contributed by atoms with E-state index in [1.807, 2.05) is 25.3 Å². The van der Waals surface area contributed by atoms with Gasteiger partial charge < -0.3 is 9.88 Å². The molecule has 1 amide bonds. The summed E-state index contributed by atoms with van der Waals surface area (Å²) in [5.41, 5.74) is 1.14. The lowest BCUT2D eigenvalue weighted by Crippen LogP contribution is -2.40. The fourth-order valence-electron chi connectivity index (χ4n) is 2.06. The lowest BCUT2D eigenvalue weighted by Gasteiger charge is -2.20. The van der Waals surface area contributed by atoms with Crippen LogP contribution in [0.1, 0.15) is 33.0 Å². The Balaban J connectivity index is 2.19. The molecule has 2 aromatic rings. The monoisotopic (exact) mass is 328 g/mol. The number of rotatable bonds is 4. The number of hydrogen-bond acceptors (Lipinski definition) is 3. The SMILES string of the molecule is CC(C)(C)NC(=O)CCn1c(CCl)nc2cc(Cl)cnc21. The molecule has 0 bridgehead atoms. The van der Waals surface area contributed by atoms with Crippen LogP contribution in [-0.4, -0.2) is 26.0 Å². The molecular weight excluding hydrogens is 311 g/mol. The van der Waals surface area contributed by atoms with Crippen molar-refractivity contribution in [2.45, 2.75) is 45.2 Å². The zero-order valence-corrected chi connectivity index (χ0v) is 13.8. The molecule has 0 spiro atoms. The van der Waals surface area contributed by atoms with Crippen LogP contribution in [0.15, 0.2) is 12.3 Å². The average Bonchev–Trinajstić information content (AvgIpc) is 2.71. The van der Waals surface area contributed by atoms with E-state index in [1.54, 1.807) is 12.3 Å². The maximum atomic E-state index is 11.9. The highest BCUT2D eigenvalue weighted by Gasteiger charge is 2.16. The summed E-state index contributed by atoms with van der Waals surface area (Å²) in [6.07, 6.45) is 1.91. The highest BCUT2D eigenvalue weighted by Crippen LogP contribution is 2.19. The first kappa shape index (κ1) is 16.0. The number of nitrogens with one attached hydrogen (secondary N) is 1.